The molecule has 0 saturated carbocycles. The maximum absolute atomic E-state index is 13.4. The number of amides is 1. The fourth-order valence-corrected chi connectivity index (χ4v) is 2.16. The summed E-state index contributed by atoms with van der Waals surface area (Å²) in [6, 6.07) is 5.58. The molecular weight excluding hydrogens is 271 g/mol. The molecule has 0 aliphatic heterocycles. The largest absolute Gasteiger partial charge is 0.379 e. The van der Waals surface area contributed by atoms with Crippen LogP contribution in [-0.2, 0) is 9.53 Å². The van der Waals surface area contributed by atoms with Crippen molar-refractivity contribution in [3.05, 3.63) is 35.6 Å². The van der Waals surface area contributed by atoms with E-state index in [2.05, 4.69) is 5.32 Å². The number of nitrogens with one attached hydrogen (secondary N) is 1. The summed E-state index contributed by atoms with van der Waals surface area (Å²) < 4.78 is 18.8. The number of carbonyl (C=O) groups excluding carboxylic acids is 1. The van der Waals surface area contributed by atoms with E-state index < -0.39 is 11.6 Å². The molecule has 0 unspecified atom stereocenters. The van der Waals surface area contributed by atoms with Crippen LogP contribution in [-0.4, -0.2) is 43.7 Å². The van der Waals surface area contributed by atoms with Crippen molar-refractivity contribution in [1.29, 1.82) is 0 Å². The first-order chi connectivity index (χ1) is 9.76. The molecule has 1 aromatic carbocycles. The van der Waals surface area contributed by atoms with E-state index in [1.54, 1.807) is 31.1 Å². The Morgan fingerprint density at radius 3 is 2.62 bits per heavy atom. The average molecular weight is 296 g/mol. The van der Waals surface area contributed by atoms with Crippen molar-refractivity contribution in [2.75, 3.05) is 27.3 Å². The van der Waals surface area contributed by atoms with Crippen LogP contribution in [0.15, 0.2) is 24.3 Å². The third kappa shape index (κ3) is 5.44. The fourth-order valence-electron chi connectivity index (χ4n) is 2.16. The summed E-state index contributed by atoms with van der Waals surface area (Å²) in [6.07, 6.45) is 0. The summed E-state index contributed by atoms with van der Waals surface area (Å²) in [4.78, 5) is 14.3. The number of benzene rings is 1. The number of nitrogens with zero attached hydrogens (tertiary/aromatic N) is 1. The molecule has 0 radical (unpaired) electrons. The number of carbonyl (C=O) groups is 1. The Balaban J connectivity index is 2.89. The summed E-state index contributed by atoms with van der Waals surface area (Å²) in [5.41, 5.74) is 0.152. The molecular formula is C16H25FN2O2. The Hall–Kier alpha value is -1.46. The minimum Gasteiger partial charge on any atom is -0.379 e. The second-order valence-corrected chi connectivity index (χ2v) is 5.93. The average Bonchev–Trinajstić information content (AvgIpc) is 2.35. The lowest BCUT2D eigenvalue weighted by Gasteiger charge is -2.31. The second kappa shape index (κ2) is 7.52. The van der Waals surface area contributed by atoms with Gasteiger partial charge in [0.05, 0.1) is 12.1 Å². The molecule has 1 N–H and O–H groups in total. The summed E-state index contributed by atoms with van der Waals surface area (Å²) in [6.45, 7) is 6.74. The Labute approximate surface area is 126 Å². The smallest absolute Gasteiger partial charge is 0.242 e. The monoisotopic (exact) mass is 296 g/mol. The zero-order valence-electron chi connectivity index (χ0n) is 13.4. The number of rotatable bonds is 7. The quantitative estimate of drug-likeness (QED) is 0.840. The Morgan fingerprint density at radius 1 is 1.43 bits per heavy atom. The number of hydrogen-bond donors (Lipinski definition) is 1. The van der Waals surface area contributed by atoms with Gasteiger partial charge < -0.3 is 10.1 Å². The van der Waals surface area contributed by atoms with Crippen LogP contribution in [0, 0.1) is 5.82 Å². The first kappa shape index (κ1) is 17.6. The van der Waals surface area contributed by atoms with Crippen LogP contribution in [0.3, 0.4) is 0 Å². The maximum atomic E-state index is 13.4. The summed E-state index contributed by atoms with van der Waals surface area (Å²) in [5.74, 6) is -0.518. The first-order valence-electron chi connectivity index (χ1n) is 7.08. The van der Waals surface area contributed by atoms with Gasteiger partial charge in [-0.3, -0.25) is 9.69 Å². The van der Waals surface area contributed by atoms with Gasteiger partial charge in [-0.25, -0.2) is 4.39 Å². The third-order valence-corrected chi connectivity index (χ3v) is 3.06. The molecule has 1 aromatic rings. The highest BCUT2D eigenvalue weighted by Crippen LogP contribution is 2.20. The standard InChI is InChI=1S/C16H25FN2O2/c1-6-21-11-16(2,3)18-15(20)14(19(4)5)12-8-7-9-13(17)10-12/h7-10,14H,6,11H2,1-5H3,(H,18,20)/t14-/m0/s1. The Kier molecular flexibility index (Phi) is 6.30. The number of hydrogen-bond acceptors (Lipinski definition) is 3. The molecule has 5 heteroatoms. The van der Waals surface area contributed by atoms with Crippen molar-refractivity contribution >= 4 is 5.91 Å². The molecule has 0 aliphatic carbocycles. The molecule has 4 nitrogen and oxygen atoms in total. The Bertz CT molecular complexity index is 475. The highest BCUT2D eigenvalue weighted by atomic mass is 19.1. The SMILES string of the molecule is CCOCC(C)(C)NC(=O)[C@H](c1cccc(F)c1)N(C)C. The van der Waals surface area contributed by atoms with E-state index >= 15 is 0 Å². The molecule has 0 aliphatic rings. The van der Waals surface area contributed by atoms with Gasteiger partial charge in [0.1, 0.15) is 11.9 Å². The second-order valence-electron chi connectivity index (χ2n) is 5.93. The van der Waals surface area contributed by atoms with Crippen molar-refractivity contribution in [2.45, 2.75) is 32.4 Å². The Morgan fingerprint density at radius 2 is 2.10 bits per heavy atom. The lowest BCUT2D eigenvalue weighted by atomic mass is 10.0. The van der Waals surface area contributed by atoms with Gasteiger partial charge in [-0.2, -0.15) is 0 Å². The highest BCUT2D eigenvalue weighted by molar-refractivity contribution is 5.83. The predicted molar refractivity (Wildman–Crippen MR) is 81.5 cm³/mol. The molecule has 1 amide bonds. The minimum atomic E-state index is -0.540. The van der Waals surface area contributed by atoms with E-state index in [0.29, 0.717) is 18.8 Å². The van der Waals surface area contributed by atoms with Crippen LogP contribution in [0.5, 0.6) is 0 Å². The van der Waals surface area contributed by atoms with Gasteiger partial charge in [0.25, 0.3) is 0 Å². The topological polar surface area (TPSA) is 41.6 Å². The van der Waals surface area contributed by atoms with Crippen LogP contribution < -0.4 is 5.32 Å². The predicted octanol–water partition coefficient (Wildman–Crippen LogP) is 2.36. The third-order valence-electron chi connectivity index (χ3n) is 3.06. The lowest BCUT2D eigenvalue weighted by Crippen LogP contribution is -2.50. The normalized spacial score (nSPS) is 13.3. The maximum Gasteiger partial charge on any atom is 0.242 e. The van der Waals surface area contributed by atoms with E-state index in [4.69, 9.17) is 4.74 Å². The lowest BCUT2D eigenvalue weighted by molar-refractivity contribution is -0.128. The number of ether oxygens (including phenoxy) is 1. The van der Waals surface area contributed by atoms with Crippen LogP contribution >= 0.6 is 0 Å². The molecule has 118 valence electrons. The summed E-state index contributed by atoms with van der Waals surface area (Å²) in [5, 5.41) is 2.96. The summed E-state index contributed by atoms with van der Waals surface area (Å²) in [7, 11) is 3.59. The molecule has 1 rings (SSSR count). The van der Waals surface area contributed by atoms with E-state index in [1.807, 2.05) is 20.8 Å². The summed E-state index contributed by atoms with van der Waals surface area (Å²) >= 11 is 0. The first-order valence-corrected chi connectivity index (χ1v) is 7.08. The molecule has 0 heterocycles. The van der Waals surface area contributed by atoms with E-state index in [-0.39, 0.29) is 11.7 Å². The van der Waals surface area contributed by atoms with Gasteiger partial charge >= 0.3 is 0 Å². The van der Waals surface area contributed by atoms with Gasteiger partial charge in [-0.15, -0.1) is 0 Å². The molecule has 0 fully saturated rings. The fraction of sp³-hybridized carbons (Fsp3) is 0.562. The molecule has 0 saturated heterocycles. The zero-order chi connectivity index (χ0) is 16.0. The van der Waals surface area contributed by atoms with E-state index in [1.165, 1.54) is 12.1 Å². The van der Waals surface area contributed by atoms with Crippen LogP contribution in [0.2, 0.25) is 0 Å². The van der Waals surface area contributed by atoms with Gasteiger partial charge in [-0.05, 0) is 52.6 Å². The van der Waals surface area contributed by atoms with Crippen molar-refractivity contribution in [2.24, 2.45) is 0 Å². The molecule has 1 atom stereocenters. The molecule has 0 spiro atoms. The van der Waals surface area contributed by atoms with Gasteiger partial charge in [0, 0.05) is 6.61 Å². The van der Waals surface area contributed by atoms with Gasteiger partial charge in [-0.1, -0.05) is 12.1 Å². The van der Waals surface area contributed by atoms with Crippen LogP contribution in [0.25, 0.3) is 0 Å². The number of halogens is 1. The van der Waals surface area contributed by atoms with Gasteiger partial charge in [0.2, 0.25) is 5.91 Å². The van der Waals surface area contributed by atoms with E-state index in [0.717, 1.165) is 0 Å². The molecule has 0 bridgehead atoms. The molecule has 21 heavy (non-hydrogen) atoms. The van der Waals surface area contributed by atoms with Crippen molar-refractivity contribution in [1.82, 2.24) is 10.2 Å². The van der Waals surface area contributed by atoms with Gasteiger partial charge in [0.15, 0.2) is 0 Å². The van der Waals surface area contributed by atoms with Crippen LogP contribution in [0.1, 0.15) is 32.4 Å². The van der Waals surface area contributed by atoms with Crippen LogP contribution in [0.4, 0.5) is 4.39 Å². The van der Waals surface area contributed by atoms with Crippen molar-refractivity contribution in [3.63, 3.8) is 0 Å². The van der Waals surface area contributed by atoms with E-state index in [9.17, 15) is 9.18 Å². The van der Waals surface area contributed by atoms with Crippen molar-refractivity contribution in [3.8, 4) is 0 Å². The highest BCUT2D eigenvalue weighted by Gasteiger charge is 2.28. The molecule has 0 aromatic heterocycles. The minimum absolute atomic E-state index is 0.171. The zero-order valence-corrected chi connectivity index (χ0v) is 13.4. The number of likely N-dealkylation sites (N-methyl/N-ethyl adjacent to an activating group) is 1. The van der Waals surface area contributed by atoms with Crippen molar-refractivity contribution < 1.29 is 13.9 Å².